The first-order valence-corrected chi connectivity index (χ1v) is 13.9. The third-order valence-electron chi connectivity index (χ3n) is 10.7. The lowest BCUT2D eigenvalue weighted by molar-refractivity contribution is -0.136. The molecule has 0 amide bonds. The van der Waals surface area contributed by atoms with Gasteiger partial charge >= 0.3 is 5.97 Å². The number of esters is 1. The molecule has 0 bridgehead atoms. The van der Waals surface area contributed by atoms with Gasteiger partial charge in [0.25, 0.3) is 0 Å². The van der Waals surface area contributed by atoms with Crippen molar-refractivity contribution in [3.05, 3.63) is 27.8 Å². The first kappa shape index (κ1) is 27.0. The van der Waals surface area contributed by atoms with Crippen molar-refractivity contribution in [1.82, 2.24) is 5.32 Å². The van der Waals surface area contributed by atoms with Gasteiger partial charge in [-0.1, -0.05) is 34.1 Å². The number of carbonyl (C=O) groups is 1. The fraction of sp³-hybridized carbons (Fsp3) is 0.733. The van der Waals surface area contributed by atoms with Gasteiger partial charge in [0.1, 0.15) is 11.8 Å². The summed E-state index contributed by atoms with van der Waals surface area (Å²) in [5, 5.41) is 9.99. The van der Waals surface area contributed by atoms with E-state index in [0.29, 0.717) is 41.9 Å². The van der Waals surface area contributed by atoms with E-state index in [2.05, 4.69) is 53.8 Å². The zero-order valence-corrected chi connectivity index (χ0v) is 23.6. The van der Waals surface area contributed by atoms with E-state index in [1.165, 1.54) is 48.8 Å². The molecule has 4 rings (SSSR count). The summed E-state index contributed by atoms with van der Waals surface area (Å²) < 4.78 is 6.02. The molecule has 2 fully saturated rings. The highest BCUT2D eigenvalue weighted by molar-refractivity contribution is 5.79. The molecule has 36 heavy (non-hydrogen) atoms. The van der Waals surface area contributed by atoms with Crippen molar-refractivity contribution in [2.75, 3.05) is 6.54 Å². The van der Waals surface area contributed by atoms with Crippen LogP contribution in [0, 0.1) is 48.8 Å². The van der Waals surface area contributed by atoms with Gasteiger partial charge in [0.15, 0.2) is 5.96 Å². The van der Waals surface area contributed by atoms with Crippen LogP contribution in [0.3, 0.4) is 0 Å². The van der Waals surface area contributed by atoms with Crippen LogP contribution < -0.4 is 21.5 Å². The largest absolute Gasteiger partial charge is 0.425 e. The van der Waals surface area contributed by atoms with Crippen LogP contribution in [0.5, 0.6) is 5.75 Å². The van der Waals surface area contributed by atoms with Gasteiger partial charge in [0, 0.05) is 6.54 Å². The maximum Gasteiger partial charge on any atom is 0.328 e. The lowest BCUT2D eigenvalue weighted by Gasteiger charge is -2.61. The van der Waals surface area contributed by atoms with Crippen LogP contribution in [-0.4, -0.2) is 24.5 Å². The van der Waals surface area contributed by atoms with Crippen molar-refractivity contribution >= 4 is 11.9 Å². The molecule has 1 aromatic rings. The molecular formula is C30H48N4O2. The Hall–Kier alpha value is -2.08. The number of guanidine groups is 1. The minimum atomic E-state index is -0.699. The van der Waals surface area contributed by atoms with Crippen molar-refractivity contribution in [3.63, 3.8) is 0 Å². The lowest BCUT2D eigenvalue weighted by atomic mass is 9.43. The highest BCUT2D eigenvalue weighted by Crippen LogP contribution is 2.68. The molecule has 200 valence electrons. The molecule has 2 saturated carbocycles. The summed E-state index contributed by atoms with van der Waals surface area (Å²) in [6.45, 7) is 17.1. The zero-order chi connectivity index (χ0) is 26.6. The Morgan fingerprint density at radius 3 is 2.44 bits per heavy atom. The average Bonchev–Trinajstić information content (AvgIpc) is 3.11. The Labute approximate surface area is 217 Å². The number of nitrogens with one attached hydrogen (secondary N) is 2. The molecule has 0 heterocycles. The number of carbonyl (C=O) groups excluding carboxylic acids is 1. The van der Waals surface area contributed by atoms with Gasteiger partial charge in [-0.15, -0.1) is 0 Å². The van der Waals surface area contributed by atoms with Crippen molar-refractivity contribution in [2.24, 2.45) is 34.1 Å². The molecule has 0 aliphatic heterocycles. The average molecular weight is 497 g/mol. The van der Waals surface area contributed by atoms with Gasteiger partial charge in [-0.25, -0.2) is 4.79 Å². The van der Waals surface area contributed by atoms with Crippen LogP contribution in [0.1, 0.15) is 100 Å². The number of ether oxygens (including phenoxy) is 1. The van der Waals surface area contributed by atoms with E-state index in [9.17, 15) is 4.79 Å². The molecule has 0 spiro atoms. The molecule has 3 aliphatic carbocycles. The van der Waals surface area contributed by atoms with Gasteiger partial charge in [-0.3, -0.25) is 5.41 Å². The molecule has 0 saturated heterocycles. The van der Waals surface area contributed by atoms with Gasteiger partial charge in [0.2, 0.25) is 0 Å². The van der Waals surface area contributed by atoms with Crippen LogP contribution in [-0.2, 0) is 16.6 Å². The monoisotopic (exact) mass is 496 g/mol. The molecular weight excluding hydrogens is 448 g/mol. The Kier molecular flexibility index (Phi) is 7.00. The van der Waals surface area contributed by atoms with Crippen LogP contribution >= 0.6 is 0 Å². The predicted molar refractivity (Wildman–Crippen MR) is 146 cm³/mol. The Morgan fingerprint density at radius 2 is 1.78 bits per heavy atom. The number of nitrogens with two attached hydrogens (primary N) is 2. The smallest absolute Gasteiger partial charge is 0.328 e. The first-order valence-electron chi connectivity index (χ1n) is 13.9. The lowest BCUT2D eigenvalue weighted by Crippen LogP contribution is -2.55. The fourth-order valence-electron chi connectivity index (χ4n) is 8.82. The van der Waals surface area contributed by atoms with E-state index in [0.717, 1.165) is 23.5 Å². The van der Waals surface area contributed by atoms with Gasteiger partial charge in [-0.05, 0) is 122 Å². The third kappa shape index (κ3) is 4.23. The molecule has 5 atom stereocenters. The number of fused-ring (bicyclic) bond motifs is 5. The fourth-order valence-corrected chi connectivity index (χ4v) is 8.82. The Bertz CT molecular complexity index is 1060. The highest BCUT2D eigenvalue weighted by Gasteiger charge is 2.61. The molecule has 3 aliphatic rings. The van der Waals surface area contributed by atoms with Crippen LogP contribution in [0.25, 0.3) is 0 Å². The molecule has 0 radical (unpaired) electrons. The molecule has 6 heteroatoms. The van der Waals surface area contributed by atoms with Crippen molar-refractivity contribution in [3.8, 4) is 5.75 Å². The van der Waals surface area contributed by atoms with Crippen LogP contribution in [0.2, 0.25) is 0 Å². The van der Waals surface area contributed by atoms with Gasteiger partial charge in [0.05, 0.1) is 0 Å². The normalized spacial score (nSPS) is 31.1. The van der Waals surface area contributed by atoms with Crippen molar-refractivity contribution in [2.45, 2.75) is 111 Å². The quantitative estimate of drug-likeness (QED) is 0.143. The topological polar surface area (TPSA) is 114 Å². The van der Waals surface area contributed by atoms with E-state index >= 15 is 0 Å². The minimum absolute atomic E-state index is 0.0720. The molecule has 0 aromatic heterocycles. The van der Waals surface area contributed by atoms with Gasteiger partial charge in [-0.2, -0.15) is 0 Å². The SMILES string of the molecule is Cc1c(C)c2c(c(C)c1OC(=O)C(N)CCCNC(=N)N)C[C@H]1C2(C)CCC2C(C)(C)CCC[C@@]21C. The second-order valence-electron chi connectivity index (χ2n) is 13.2. The maximum atomic E-state index is 12.9. The third-order valence-corrected chi connectivity index (χ3v) is 10.7. The first-order chi connectivity index (χ1) is 16.7. The van der Waals surface area contributed by atoms with E-state index in [1.807, 2.05) is 0 Å². The van der Waals surface area contributed by atoms with Crippen LogP contribution in [0.15, 0.2) is 0 Å². The predicted octanol–water partition coefficient (Wildman–Crippen LogP) is 5.16. The second kappa shape index (κ2) is 9.34. The summed E-state index contributed by atoms with van der Waals surface area (Å²) in [5.74, 6) is 1.64. The summed E-state index contributed by atoms with van der Waals surface area (Å²) in [7, 11) is 0. The minimum Gasteiger partial charge on any atom is -0.425 e. The number of benzene rings is 1. The van der Waals surface area contributed by atoms with E-state index in [-0.39, 0.29) is 17.3 Å². The maximum absolute atomic E-state index is 12.9. The highest BCUT2D eigenvalue weighted by atomic mass is 16.5. The number of hydrogen-bond donors (Lipinski definition) is 4. The van der Waals surface area contributed by atoms with E-state index < -0.39 is 6.04 Å². The molecule has 3 unspecified atom stereocenters. The summed E-state index contributed by atoms with van der Waals surface area (Å²) in [6, 6.07) is -0.699. The summed E-state index contributed by atoms with van der Waals surface area (Å²) in [6.07, 6.45) is 8.74. The molecule has 6 nitrogen and oxygen atoms in total. The Balaban J connectivity index is 1.62. The van der Waals surface area contributed by atoms with Crippen molar-refractivity contribution in [1.29, 1.82) is 5.41 Å². The van der Waals surface area contributed by atoms with E-state index in [1.54, 1.807) is 0 Å². The number of hydrogen-bond acceptors (Lipinski definition) is 4. The van der Waals surface area contributed by atoms with Crippen LogP contribution in [0.4, 0.5) is 0 Å². The molecule has 6 N–H and O–H groups in total. The molecule has 1 aromatic carbocycles. The summed E-state index contributed by atoms with van der Waals surface area (Å²) in [4.78, 5) is 12.9. The standard InChI is InChI=1S/C30H48N4O2/c1-17-18(2)25(36-26(35)21(31)10-8-15-34-27(32)33)19(3)20-16-23-29(6)13-9-12-28(4,5)22(29)11-14-30(23,7)24(17)20/h21-23H,8-16,31H2,1-7H3,(H4,32,33,34)/t21?,22?,23-,29+,30?/m1/s1. The van der Waals surface area contributed by atoms with Crippen molar-refractivity contribution < 1.29 is 9.53 Å². The Morgan fingerprint density at radius 1 is 1.08 bits per heavy atom. The van der Waals surface area contributed by atoms with Gasteiger partial charge < -0.3 is 21.5 Å². The zero-order valence-electron chi connectivity index (χ0n) is 23.6. The summed E-state index contributed by atoms with van der Waals surface area (Å²) in [5.41, 5.74) is 18.9. The second-order valence-corrected chi connectivity index (χ2v) is 13.2. The van der Waals surface area contributed by atoms with E-state index in [4.69, 9.17) is 21.6 Å². The number of rotatable bonds is 6. The summed E-state index contributed by atoms with van der Waals surface area (Å²) >= 11 is 0.